The van der Waals surface area contributed by atoms with Crippen LogP contribution in [0.25, 0.3) is 0 Å². The molecule has 1 fully saturated rings. The van der Waals surface area contributed by atoms with Gasteiger partial charge in [-0.1, -0.05) is 79.3 Å². The van der Waals surface area contributed by atoms with Gasteiger partial charge in [-0.15, -0.1) is 0 Å². The number of hydrogen-bond acceptors (Lipinski definition) is 4. The van der Waals surface area contributed by atoms with Crippen LogP contribution in [0.15, 0.2) is 60.7 Å². The molecule has 1 N–H and O–H groups in total. The van der Waals surface area contributed by atoms with Crippen LogP contribution in [0, 0.1) is 5.92 Å². The molecule has 2 aromatic carbocycles. The Morgan fingerprint density at radius 1 is 0.968 bits per heavy atom. The largest absolute Gasteiger partial charge is 0.480 e. The quantitative estimate of drug-likeness (QED) is 0.637. The van der Waals surface area contributed by atoms with Crippen LogP contribution in [0.2, 0.25) is 0 Å². The summed E-state index contributed by atoms with van der Waals surface area (Å²) < 4.78 is 0. The van der Waals surface area contributed by atoms with Gasteiger partial charge in [0.25, 0.3) is 0 Å². The second-order valence-corrected chi connectivity index (χ2v) is 9.13. The summed E-state index contributed by atoms with van der Waals surface area (Å²) in [6.45, 7) is 1.49. The zero-order valence-corrected chi connectivity index (χ0v) is 18.6. The van der Waals surface area contributed by atoms with Crippen molar-refractivity contribution >= 4 is 28.8 Å². The Bertz CT molecular complexity index is 879. The Morgan fingerprint density at radius 3 is 2.13 bits per heavy atom. The number of benzene rings is 2. The maximum Gasteiger partial charge on any atom is 0.323 e. The van der Waals surface area contributed by atoms with E-state index in [1.807, 2.05) is 36.4 Å². The number of carboxylic acids is 1. The number of rotatable bonds is 8. The van der Waals surface area contributed by atoms with Crippen molar-refractivity contribution in [2.45, 2.75) is 44.6 Å². The van der Waals surface area contributed by atoms with E-state index in [1.165, 1.54) is 10.5 Å². The minimum atomic E-state index is -1.00. The molecule has 0 aromatic heterocycles. The molecule has 5 nitrogen and oxygen atoms in total. The normalized spacial score (nSPS) is 19.4. The maximum atomic E-state index is 13.1. The van der Waals surface area contributed by atoms with Crippen molar-refractivity contribution < 1.29 is 19.5 Å². The van der Waals surface area contributed by atoms with Gasteiger partial charge in [-0.3, -0.25) is 14.4 Å². The van der Waals surface area contributed by atoms with Gasteiger partial charge in [-0.25, -0.2) is 0 Å². The molecule has 0 spiro atoms. The van der Waals surface area contributed by atoms with E-state index in [1.54, 1.807) is 19.1 Å². The Balaban J connectivity index is 1.58. The maximum absolute atomic E-state index is 13.1. The zero-order chi connectivity index (χ0) is 22.2. The van der Waals surface area contributed by atoms with E-state index in [4.69, 9.17) is 0 Å². The van der Waals surface area contributed by atoms with Gasteiger partial charge in [0.2, 0.25) is 11.0 Å². The van der Waals surface area contributed by atoms with E-state index in [9.17, 15) is 19.5 Å². The van der Waals surface area contributed by atoms with Gasteiger partial charge in [-0.05, 0) is 37.2 Å². The summed E-state index contributed by atoms with van der Waals surface area (Å²) in [5, 5.41) is 9.31. The van der Waals surface area contributed by atoms with Gasteiger partial charge in [0, 0.05) is 23.3 Å². The van der Waals surface area contributed by atoms with E-state index >= 15 is 0 Å². The third-order valence-electron chi connectivity index (χ3n) is 5.89. The highest BCUT2D eigenvalue weighted by Crippen LogP contribution is 2.35. The van der Waals surface area contributed by atoms with Crippen molar-refractivity contribution in [3.8, 4) is 0 Å². The Hall–Kier alpha value is -2.60. The second kappa shape index (κ2) is 11.1. The lowest BCUT2D eigenvalue weighted by molar-refractivity contribution is -0.148. The van der Waals surface area contributed by atoms with Crippen LogP contribution in [0.1, 0.15) is 54.4 Å². The zero-order valence-electron chi connectivity index (χ0n) is 17.8. The molecule has 1 unspecified atom stereocenters. The molecule has 2 aromatic rings. The van der Waals surface area contributed by atoms with E-state index in [2.05, 4.69) is 12.1 Å². The van der Waals surface area contributed by atoms with Crippen molar-refractivity contribution in [1.29, 1.82) is 0 Å². The molecule has 31 heavy (non-hydrogen) atoms. The monoisotopic (exact) mass is 439 g/mol. The predicted octanol–water partition coefficient (Wildman–Crippen LogP) is 4.84. The lowest BCUT2D eigenvalue weighted by atomic mass is 9.81. The van der Waals surface area contributed by atoms with Gasteiger partial charge in [-0.2, -0.15) is 0 Å². The topological polar surface area (TPSA) is 74.7 Å². The number of nitrogens with zero attached hydrogens (tertiary/aromatic N) is 1. The number of hydrogen-bond donors (Lipinski definition) is 1. The first-order chi connectivity index (χ1) is 15.0. The molecule has 1 saturated carbocycles. The first-order valence-electron chi connectivity index (χ1n) is 10.7. The highest BCUT2D eigenvalue weighted by atomic mass is 32.2. The van der Waals surface area contributed by atoms with Crippen LogP contribution in [-0.2, 0) is 9.59 Å². The molecule has 0 aliphatic heterocycles. The smallest absolute Gasteiger partial charge is 0.323 e. The van der Waals surface area contributed by atoms with Crippen LogP contribution in [0.3, 0.4) is 0 Å². The Morgan fingerprint density at radius 2 is 1.55 bits per heavy atom. The summed E-state index contributed by atoms with van der Waals surface area (Å²) in [5.41, 5.74) is 1.91. The fourth-order valence-electron chi connectivity index (χ4n) is 4.19. The summed E-state index contributed by atoms with van der Waals surface area (Å²) in [4.78, 5) is 38.4. The van der Waals surface area contributed by atoms with Gasteiger partial charge in [0.05, 0.1) is 0 Å². The molecule has 0 heterocycles. The molecule has 0 saturated heterocycles. The SMILES string of the molecule is CC(CSC(=O)c1ccccc1)C(=O)N(CC(=O)O)C1CCC(c2ccccc2)CC1. The molecular formula is C25H29NO4S. The highest BCUT2D eigenvalue weighted by molar-refractivity contribution is 8.14. The molecule has 0 radical (unpaired) electrons. The number of carbonyl (C=O) groups is 3. The van der Waals surface area contributed by atoms with Crippen LogP contribution in [0.4, 0.5) is 0 Å². The van der Waals surface area contributed by atoms with Gasteiger partial charge in [0.15, 0.2) is 0 Å². The van der Waals surface area contributed by atoms with E-state index < -0.39 is 11.9 Å². The predicted molar refractivity (Wildman–Crippen MR) is 123 cm³/mol. The van der Waals surface area contributed by atoms with Crippen molar-refractivity contribution in [2.75, 3.05) is 12.3 Å². The summed E-state index contributed by atoms with van der Waals surface area (Å²) in [7, 11) is 0. The molecule has 3 rings (SSSR count). The third kappa shape index (κ3) is 6.44. The van der Waals surface area contributed by atoms with E-state index in [-0.39, 0.29) is 23.6 Å². The lowest BCUT2D eigenvalue weighted by Crippen LogP contribution is -2.47. The Kier molecular flexibility index (Phi) is 8.29. The minimum absolute atomic E-state index is 0.0687. The minimum Gasteiger partial charge on any atom is -0.480 e. The standard InChI is InChI=1S/C25H29NO4S/c1-18(17-31-25(30)21-10-6-3-7-11-21)24(29)26(16-23(27)28)22-14-12-20(13-15-22)19-8-4-2-5-9-19/h2-11,18,20,22H,12-17H2,1H3,(H,27,28). The van der Waals surface area contributed by atoms with Crippen LogP contribution in [0.5, 0.6) is 0 Å². The van der Waals surface area contributed by atoms with Crippen molar-refractivity contribution in [3.05, 3.63) is 71.8 Å². The average molecular weight is 440 g/mol. The van der Waals surface area contributed by atoms with Gasteiger partial charge in [0.1, 0.15) is 6.54 Å². The molecule has 1 aliphatic carbocycles. The van der Waals surface area contributed by atoms with Gasteiger partial charge >= 0.3 is 5.97 Å². The molecule has 1 aliphatic rings. The molecule has 1 amide bonds. The number of thioether (sulfide) groups is 1. The van der Waals surface area contributed by atoms with Crippen LogP contribution >= 0.6 is 11.8 Å². The molecule has 164 valence electrons. The van der Waals surface area contributed by atoms with Crippen molar-refractivity contribution in [2.24, 2.45) is 5.92 Å². The number of aliphatic carboxylic acids is 1. The average Bonchev–Trinajstić information content (AvgIpc) is 2.81. The van der Waals surface area contributed by atoms with Crippen LogP contribution in [-0.4, -0.2) is 45.3 Å². The molecular weight excluding hydrogens is 410 g/mol. The van der Waals surface area contributed by atoms with Crippen molar-refractivity contribution in [3.63, 3.8) is 0 Å². The van der Waals surface area contributed by atoms with E-state index in [0.29, 0.717) is 17.2 Å². The fourth-order valence-corrected chi connectivity index (χ4v) is 5.04. The first-order valence-corrected chi connectivity index (χ1v) is 11.7. The number of carbonyl (C=O) groups excluding carboxylic acids is 2. The molecule has 0 bridgehead atoms. The molecule has 6 heteroatoms. The number of amides is 1. The van der Waals surface area contributed by atoms with Gasteiger partial charge < -0.3 is 10.0 Å². The lowest BCUT2D eigenvalue weighted by Gasteiger charge is -2.37. The van der Waals surface area contributed by atoms with Crippen LogP contribution < -0.4 is 0 Å². The highest BCUT2D eigenvalue weighted by Gasteiger charge is 2.32. The fraction of sp³-hybridized carbons (Fsp3) is 0.400. The molecule has 1 atom stereocenters. The first kappa shape index (κ1) is 23.1. The Labute approximate surface area is 187 Å². The summed E-state index contributed by atoms with van der Waals surface area (Å²) >= 11 is 1.11. The van der Waals surface area contributed by atoms with Crippen molar-refractivity contribution in [1.82, 2.24) is 4.90 Å². The summed E-state index contributed by atoms with van der Waals surface area (Å²) in [5.74, 6) is -0.820. The third-order valence-corrected chi connectivity index (χ3v) is 7.06. The summed E-state index contributed by atoms with van der Waals surface area (Å²) in [6, 6.07) is 19.3. The van der Waals surface area contributed by atoms with E-state index in [0.717, 1.165) is 37.4 Å². The second-order valence-electron chi connectivity index (χ2n) is 8.14. The number of carboxylic acid groups (broad SMARTS) is 1. The summed E-state index contributed by atoms with van der Waals surface area (Å²) in [6.07, 6.45) is 3.46.